The molecule has 3 atom stereocenters. The fourth-order valence-electron chi connectivity index (χ4n) is 3.75. The first-order valence-electron chi connectivity index (χ1n) is 7.76. The summed E-state index contributed by atoms with van der Waals surface area (Å²) in [5.74, 6) is -0.348. The molecule has 0 amide bonds. The summed E-state index contributed by atoms with van der Waals surface area (Å²) >= 11 is 0. The molecule has 4 nitrogen and oxygen atoms in total. The molecular formula is C15H28N2O2. The molecule has 2 saturated heterocycles. The van der Waals surface area contributed by atoms with Crippen LogP contribution in [0.15, 0.2) is 0 Å². The Kier molecular flexibility index (Phi) is 5.22. The first kappa shape index (κ1) is 14.8. The van der Waals surface area contributed by atoms with Crippen LogP contribution in [0, 0.1) is 5.92 Å². The molecule has 3 unspecified atom stereocenters. The van der Waals surface area contributed by atoms with Gasteiger partial charge in [0.2, 0.25) is 0 Å². The van der Waals surface area contributed by atoms with Gasteiger partial charge >= 0.3 is 5.97 Å². The lowest BCUT2D eigenvalue weighted by molar-refractivity contribution is -0.147. The van der Waals surface area contributed by atoms with Crippen molar-refractivity contribution in [3.8, 4) is 0 Å². The topological polar surface area (TPSA) is 43.8 Å². The van der Waals surface area contributed by atoms with Gasteiger partial charge in [-0.1, -0.05) is 13.3 Å². The highest BCUT2D eigenvalue weighted by Crippen LogP contribution is 2.25. The van der Waals surface area contributed by atoms with E-state index < -0.39 is 5.97 Å². The molecule has 2 aliphatic heterocycles. The van der Waals surface area contributed by atoms with E-state index in [0.717, 1.165) is 32.4 Å². The largest absolute Gasteiger partial charge is 0.480 e. The van der Waals surface area contributed by atoms with Gasteiger partial charge in [0.15, 0.2) is 0 Å². The maximum absolute atomic E-state index is 11.4. The van der Waals surface area contributed by atoms with Crippen LogP contribution in [0.1, 0.15) is 45.4 Å². The minimum Gasteiger partial charge on any atom is -0.480 e. The van der Waals surface area contributed by atoms with Crippen molar-refractivity contribution in [3.05, 3.63) is 0 Å². The number of likely N-dealkylation sites (tertiary alicyclic amines) is 2. The molecule has 1 N–H and O–H groups in total. The van der Waals surface area contributed by atoms with Gasteiger partial charge in [0, 0.05) is 12.6 Å². The summed E-state index contributed by atoms with van der Waals surface area (Å²) in [6, 6.07) is 0.392. The van der Waals surface area contributed by atoms with Crippen molar-refractivity contribution < 1.29 is 9.90 Å². The quantitative estimate of drug-likeness (QED) is 0.847. The number of carboxylic acid groups (broad SMARTS) is 1. The van der Waals surface area contributed by atoms with E-state index in [9.17, 15) is 9.90 Å². The summed E-state index contributed by atoms with van der Waals surface area (Å²) in [4.78, 5) is 16.1. The lowest BCUT2D eigenvalue weighted by Crippen LogP contribution is -2.50. The van der Waals surface area contributed by atoms with Crippen molar-refractivity contribution in [3.63, 3.8) is 0 Å². The van der Waals surface area contributed by atoms with Crippen LogP contribution in [0.5, 0.6) is 0 Å². The average Bonchev–Trinajstić information content (AvgIpc) is 2.37. The van der Waals surface area contributed by atoms with Gasteiger partial charge in [-0.3, -0.25) is 9.69 Å². The van der Waals surface area contributed by atoms with Crippen LogP contribution in [0.2, 0.25) is 0 Å². The van der Waals surface area contributed by atoms with Crippen LogP contribution in [0.25, 0.3) is 0 Å². The molecule has 0 radical (unpaired) electrons. The monoisotopic (exact) mass is 268 g/mol. The molecule has 0 aromatic carbocycles. The maximum atomic E-state index is 11.4. The van der Waals surface area contributed by atoms with Crippen molar-refractivity contribution in [1.82, 2.24) is 9.80 Å². The number of carbonyl (C=O) groups is 1. The van der Waals surface area contributed by atoms with Gasteiger partial charge in [-0.25, -0.2) is 0 Å². The fourth-order valence-corrected chi connectivity index (χ4v) is 3.75. The molecule has 0 bridgehead atoms. The number of piperidine rings is 2. The molecule has 0 aromatic heterocycles. The van der Waals surface area contributed by atoms with Gasteiger partial charge in [-0.15, -0.1) is 0 Å². The fraction of sp³-hybridized carbons (Fsp3) is 0.933. The molecule has 2 heterocycles. The predicted octanol–water partition coefficient (Wildman–Crippen LogP) is 2.05. The molecule has 2 aliphatic rings. The van der Waals surface area contributed by atoms with Crippen molar-refractivity contribution in [1.29, 1.82) is 0 Å². The van der Waals surface area contributed by atoms with Crippen molar-refractivity contribution >= 4 is 5.97 Å². The Hall–Kier alpha value is -0.610. The van der Waals surface area contributed by atoms with Crippen molar-refractivity contribution in [2.75, 3.05) is 26.7 Å². The van der Waals surface area contributed by atoms with E-state index in [1.54, 1.807) is 0 Å². The minimum absolute atomic E-state index is 0.261. The second-order valence-corrected chi connectivity index (χ2v) is 6.36. The molecule has 0 aliphatic carbocycles. The normalized spacial score (nSPS) is 34.3. The molecule has 2 rings (SSSR count). The van der Waals surface area contributed by atoms with Crippen LogP contribution in [-0.4, -0.2) is 59.6 Å². The maximum Gasteiger partial charge on any atom is 0.321 e. The highest BCUT2D eigenvalue weighted by molar-refractivity contribution is 5.74. The number of hydrogen-bond donors (Lipinski definition) is 1. The highest BCUT2D eigenvalue weighted by atomic mass is 16.4. The lowest BCUT2D eigenvalue weighted by Gasteiger charge is -2.39. The second kappa shape index (κ2) is 6.71. The molecule has 19 heavy (non-hydrogen) atoms. The lowest BCUT2D eigenvalue weighted by atomic mass is 9.90. The number of nitrogens with zero attached hydrogens (tertiary/aromatic N) is 2. The molecule has 0 aromatic rings. The third-order valence-corrected chi connectivity index (χ3v) is 4.96. The van der Waals surface area contributed by atoms with E-state index >= 15 is 0 Å². The van der Waals surface area contributed by atoms with Crippen LogP contribution in [0.3, 0.4) is 0 Å². The molecule has 0 spiro atoms. The Labute approximate surface area is 116 Å². The van der Waals surface area contributed by atoms with Crippen LogP contribution >= 0.6 is 0 Å². The highest BCUT2D eigenvalue weighted by Gasteiger charge is 2.34. The van der Waals surface area contributed by atoms with E-state index in [4.69, 9.17) is 0 Å². The Bertz CT molecular complexity index is 309. The zero-order chi connectivity index (χ0) is 13.8. The Morgan fingerprint density at radius 2 is 2.00 bits per heavy atom. The Morgan fingerprint density at radius 3 is 2.68 bits per heavy atom. The summed E-state index contributed by atoms with van der Waals surface area (Å²) in [7, 11) is 2.21. The Morgan fingerprint density at radius 1 is 1.21 bits per heavy atom. The van der Waals surface area contributed by atoms with Crippen molar-refractivity contribution in [2.24, 2.45) is 5.92 Å². The first-order valence-corrected chi connectivity index (χ1v) is 7.76. The summed E-state index contributed by atoms with van der Waals surface area (Å²) < 4.78 is 0. The van der Waals surface area contributed by atoms with Crippen LogP contribution in [0.4, 0.5) is 0 Å². The minimum atomic E-state index is -0.635. The summed E-state index contributed by atoms with van der Waals surface area (Å²) in [5.41, 5.74) is 0. The van der Waals surface area contributed by atoms with Gasteiger partial charge in [0.25, 0.3) is 0 Å². The average molecular weight is 268 g/mol. The summed E-state index contributed by atoms with van der Waals surface area (Å²) in [6.45, 7) is 5.18. The van der Waals surface area contributed by atoms with Gasteiger partial charge in [-0.2, -0.15) is 0 Å². The third-order valence-electron chi connectivity index (χ3n) is 4.96. The summed E-state index contributed by atoms with van der Waals surface area (Å²) in [6.07, 6.45) is 7.23. The Balaban J connectivity index is 1.87. The van der Waals surface area contributed by atoms with E-state index in [2.05, 4.69) is 23.8 Å². The standard InChI is InChI=1S/C15H28N2O2/c1-12-6-5-10-17(14(12)15(18)19)11-8-13-7-3-4-9-16(13)2/h12-14H,3-11H2,1-2H3,(H,18,19). The van der Waals surface area contributed by atoms with E-state index in [0.29, 0.717) is 6.04 Å². The zero-order valence-corrected chi connectivity index (χ0v) is 12.3. The van der Waals surface area contributed by atoms with E-state index in [-0.39, 0.29) is 12.0 Å². The molecule has 0 saturated carbocycles. The summed E-state index contributed by atoms with van der Waals surface area (Å²) in [5, 5.41) is 9.42. The number of carboxylic acids is 1. The van der Waals surface area contributed by atoms with Crippen molar-refractivity contribution in [2.45, 2.75) is 57.5 Å². The smallest absolute Gasteiger partial charge is 0.321 e. The number of hydrogen-bond acceptors (Lipinski definition) is 3. The van der Waals surface area contributed by atoms with Gasteiger partial charge in [0.05, 0.1) is 0 Å². The van der Waals surface area contributed by atoms with Crippen LogP contribution in [-0.2, 0) is 4.79 Å². The van der Waals surface area contributed by atoms with Gasteiger partial charge < -0.3 is 10.0 Å². The third kappa shape index (κ3) is 3.69. The molecule has 2 fully saturated rings. The number of aliphatic carboxylic acids is 1. The SMILES string of the molecule is CC1CCCN(CCC2CCCCN2C)C1C(=O)O. The van der Waals surface area contributed by atoms with Gasteiger partial charge in [0.1, 0.15) is 6.04 Å². The number of rotatable bonds is 4. The van der Waals surface area contributed by atoms with E-state index in [1.165, 1.54) is 25.8 Å². The molecular weight excluding hydrogens is 240 g/mol. The molecule has 110 valence electrons. The van der Waals surface area contributed by atoms with E-state index in [1.807, 2.05) is 0 Å². The molecule has 4 heteroatoms. The zero-order valence-electron chi connectivity index (χ0n) is 12.3. The first-order chi connectivity index (χ1) is 9.09. The second-order valence-electron chi connectivity index (χ2n) is 6.36. The van der Waals surface area contributed by atoms with Crippen LogP contribution < -0.4 is 0 Å². The van der Waals surface area contributed by atoms with Gasteiger partial charge in [-0.05, 0) is 58.2 Å². The predicted molar refractivity (Wildman–Crippen MR) is 76.3 cm³/mol.